The van der Waals surface area contributed by atoms with Crippen LogP contribution in [0.15, 0.2) is 48.5 Å². The molecule has 3 rings (SSSR count). The highest BCUT2D eigenvalue weighted by Gasteiger charge is 2.12. The van der Waals surface area contributed by atoms with Gasteiger partial charge in [-0.1, -0.05) is 42.5 Å². The summed E-state index contributed by atoms with van der Waals surface area (Å²) in [7, 11) is 1.37. The summed E-state index contributed by atoms with van der Waals surface area (Å²) in [5, 5.41) is 0. The Labute approximate surface area is 122 Å². The zero-order valence-electron chi connectivity index (χ0n) is 11.5. The van der Waals surface area contributed by atoms with Crippen molar-refractivity contribution in [3.05, 3.63) is 65.5 Å². The third-order valence-corrected chi connectivity index (χ3v) is 3.17. The zero-order valence-corrected chi connectivity index (χ0v) is 11.5. The fourth-order valence-corrected chi connectivity index (χ4v) is 2.14. The molecule has 0 aliphatic rings. The monoisotopic (exact) mass is 278 g/mol. The Balaban J connectivity index is 1.98. The topological polar surface area (TPSA) is 55.0 Å². The van der Waals surface area contributed by atoms with Crippen molar-refractivity contribution in [2.24, 2.45) is 0 Å². The summed E-state index contributed by atoms with van der Waals surface area (Å²) in [6.45, 7) is 0. The molecule has 1 heterocycles. The lowest BCUT2D eigenvalue weighted by molar-refractivity contribution is 0.0603. The lowest BCUT2D eigenvalue weighted by atomic mass is 10.2. The van der Waals surface area contributed by atoms with Crippen LogP contribution in [-0.4, -0.2) is 23.0 Å². The van der Waals surface area contributed by atoms with Gasteiger partial charge in [0.05, 0.1) is 18.2 Å². The van der Waals surface area contributed by atoms with Gasteiger partial charge < -0.3 is 9.72 Å². The zero-order chi connectivity index (χ0) is 14.7. The Kier molecular flexibility index (Phi) is 3.51. The molecule has 0 unspecified atom stereocenters. The van der Waals surface area contributed by atoms with Gasteiger partial charge in [0.1, 0.15) is 11.3 Å². The first-order valence-electron chi connectivity index (χ1n) is 6.58. The van der Waals surface area contributed by atoms with E-state index in [2.05, 4.69) is 9.97 Å². The van der Waals surface area contributed by atoms with Crippen LogP contribution in [0.1, 0.15) is 21.7 Å². The van der Waals surface area contributed by atoms with Gasteiger partial charge >= 0.3 is 5.97 Å². The first-order chi connectivity index (χ1) is 10.3. The number of nitrogens with one attached hydrogen (secondary N) is 1. The van der Waals surface area contributed by atoms with Crippen LogP contribution in [0.4, 0.5) is 0 Å². The van der Waals surface area contributed by atoms with E-state index in [9.17, 15) is 4.79 Å². The number of benzene rings is 2. The first kappa shape index (κ1) is 13.1. The summed E-state index contributed by atoms with van der Waals surface area (Å²) < 4.78 is 4.77. The molecule has 0 atom stereocenters. The molecule has 0 radical (unpaired) electrons. The molecule has 2 aromatic carbocycles. The number of esters is 1. The van der Waals surface area contributed by atoms with Crippen molar-refractivity contribution in [1.82, 2.24) is 9.97 Å². The fraction of sp³-hybridized carbons (Fsp3) is 0.0588. The molecule has 4 heteroatoms. The number of aromatic amines is 1. The Bertz CT molecular complexity index is 804. The molecule has 0 fully saturated rings. The first-order valence-corrected chi connectivity index (χ1v) is 6.58. The third-order valence-electron chi connectivity index (χ3n) is 3.17. The van der Waals surface area contributed by atoms with E-state index in [-0.39, 0.29) is 5.97 Å². The molecule has 1 aromatic heterocycles. The Morgan fingerprint density at radius 3 is 2.67 bits per heavy atom. The number of carbonyl (C=O) groups is 1. The van der Waals surface area contributed by atoms with Gasteiger partial charge in [-0.2, -0.15) is 0 Å². The van der Waals surface area contributed by atoms with Crippen LogP contribution in [-0.2, 0) is 4.74 Å². The van der Waals surface area contributed by atoms with Gasteiger partial charge in [-0.15, -0.1) is 0 Å². The molecule has 0 aliphatic heterocycles. The van der Waals surface area contributed by atoms with Gasteiger partial charge in [0.25, 0.3) is 0 Å². The predicted molar refractivity (Wildman–Crippen MR) is 82.8 cm³/mol. The minimum Gasteiger partial charge on any atom is -0.465 e. The lowest BCUT2D eigenvalue weighted by Crippen LogP contribution is -2.01. The van der Waals surface area contributed by atoms with E-state index in [0.29, 0.717) is 16.9 Å². The Morgan fingerprint density at radius 2 is 1.90 bits per heavy atom. The van der Waals surface area contributed by atoms with Crippen molar-refractivity contribution in [3.8, 4) is 0 Å². The van der Waals surface area contributed by atoms with Crippen LogP contribution in [0.3, 0.4) is 0 Å². The molecule has 0 bridgehead atoms. The molecule has 3 aromatic rings. The Morgan fingerprint density at radius 1 is 1.10 bits per heavy atom. The van der Waals surface area contributed by atoms with Gasteiger partial charge in [0.2, 0.25) is 0 Å². The molecule has 0 aliphatic carbocycles. The minimum atomic E-state index is -0.384. The number of ether oxygens (including phenoxy) is 1. The molecule has 0 spiro atoms. The van der Waals surface area contributed by atoms with Crippen LogP contribution in [0.25, 0.3) is 23.2 Å². The number of aromatic nitrogens is 2. The number of nitrogens with zero attached hydrogens (tertiary/aromatic N) is 1. The van der Waals surface area contributed by atoms with Crippen molar-refractivity contribution >= 4 is 29.2 Å². The minimum absolute atomic E-state index is 0.384. The van der Waals surface area contributed by atoms with Crippen molar-refractivity contribution in [2.75, 3.05) is 7.11 Å². The van der Waals surface area contributed by atoms with Crippen LogP contribution >= 0.6 is 0 Å². The van der Waals surface area contributed by atoms with E-state index < -0.39 is 0 Å². The highest BCUT2D eigenvalue weighted by Crippen LogP contribution is 2.18. The average Bonchev–Trinajstić information content (AvgIpc) is 2.96. The van der Waals surface area contributed by atoms with E-state index in [1.54, 1.807) is 12.1 Å². The highest BCUT2D eigenvalue weighted by molar-refractivity contribution is 6.02. The van der Waals surface area contributed by atoms with Gasteiger partial charge in [-0.25, -0.2) is 9.78 Å². The quantitative estimate of drug-likeness (QED) is 0.746. The molecular weight excluding hydrogens is 264 g/mol. The maximum absolute atomic E-state index is 11.7. The second-order valence-corrected chi connectivity index (χ2v) is 4.56. The largest absolute Gasteiger partial charge is 0.465 e. The summed E-state index contributed by atoms with van der Waals surface area (Å²) >= 11 is 0. The number of para-hydroxylation sites is 1. The maximum Gasteiger partial charge on any atom is 0.340 e. The van der Waals surface area contributed by atoms with E-state index in [1.807, 2.05) is 48.6 Å². The molecule has 21 heavy (non-hydrogen) atoms. The third kappa shape index (κ3) is 2.69. The molecule has 104 valence electrons. The average molecular weight is 278 g/mol. The van der Waals surface area contributed by atoms with Crippen LogP contribution in [0, 0.1) is 0 Å². The molecule has 0 saturated heterocycles. The van der Waals surface area contributed by atoms with E-state index in [0.717, 1.165) is 11.1 Å². The van der Waals surface area contributed by atoms with Crippen molar-refractivity contribution < 1.29 is 9.53 Å². The lowest BCUT2D eigenvalue weighted by Gasteiger charge is -1.98. The number of hydrogen-bond acceptors (Lipinski definition) is 3. The molecular formula is C17H14N2O2. The van der Waals surface area contributed by atoms with Gasteiger partial charge in [-0.3, -0.25) is 0 Å². The SMILES string of the molecule is COC(=O)c1cccc2[nH]c(C=Cc3ccccc3)nc12. The van der Waals surface area contributed by atoms with E-state index in [1.165, 1.54) is 7.11 Å². The van der Waals surface area contributed by atoms with Crippen molar-refractivity contribution in [2.45, 2.75) is 0 Å². The van der Waals surface area contributed by atoms with Crippen molar-refractivity contribution in [1.29, 1.82) is 0 Å². The normalized spacial score (nSPS) is 11.1. The summed E-state index contributed by atoms with van der Waals surface area (Å²) in [4.78, 5) is 19.4. The number of rotatable bonds is 3. The van der Waals surface area contributed by atoms with Crippen molar-refractivity contribution in [3.63, 3.8) is 0 Å². The second-order valence-electron chi connectivity index (χ2n) is 4.56. The maximum atomic E-state index is 11.7. The summed E-state index contributed by atoms with van der Waals surface area (Å²) in [5.41, 5.74) is 2.99. The van der Waals surface area contributed by atoms with Gasteiger partial charge in [0.15, 0.2) is 0 Å². The van der Waals surface area contributed by atoms with E-state index >= 15 is 0 Å². The fourth-order valence-electron chi connectivity index (χ4n) is 2.14. The second kappa shape index (κ2) is 5.63. The predicted octanol–water partition coefficient (Wildman–Crippen LogP) is 3.52. The summed E-state index contributed by atoms with van der Waals surface area (Å²) in [5.74, 6) is 0.316. The standard InChI is InChI=1S/C17H14N2O2/c1-21-17(20)13-8-5-9-14-16(13)19-15(18-14)11-10-12-6-3-2-4-7-12/h2-11H,1H3,(H,18,19). The smallest absolute Gasteiger partial charge is 0.340 e. The van der Waals surface area contributed by atoms with Crippen LogP contribution < -0.4 is 0 Å². The number of imidazole rings is 1. The van der Waals surface area contributed by atoms with Crippen LogP contribution in [0.5, 0.6) is 0 Å². The number of fused-ring (bicyclic) bond motifs is 1. The molecule has 0 saturated carbocycles. The highest BCUT2D eigenvalue weighted by atomic mass is 16.5. The van der Waals surface area contributed by atoms with Gasteiger partial charge in [-0.05, 0) is 23.8 Å². The molecule has 4 nitrogen and oxygen atoms in total. The summed E-state index contributed by atoms with van der Waals surface area (Å²) in [6, 6.07) is 15.4. The number of carbonyl (C=O) groups excluding carboxylic acids is 1. The number of H-pyrrole nitrogens is 1. The Hall–Kier alpha value is -2.88. The molecule has 1 N–H and O–H groups in total. The van der Waals surface area contributed by atoms with E-state index in [4.69, 9.17) is 4.74 Å². The van der Waals surface area contributed by atoms with Gasteiger partial charge in [0, 0.05) is 0 Å². The molecule has 0 amide bonds. The van der Waals surface area contributed by atoms with Crippen LogP contribution in [0.2, 0.25) is 0 Å². The number of methoxy groups -OCH3 is 1. The summed E-state index contributed by atoms with van der Waals surface area (Å²) in [6.07, 6.45) is 3.85. The number of hydrogen-bond donors (Lipinski definition) is 1.